The summed E-state index contributed by atoms with van der Waals surface area (Å²) in [5.41, 5.74) is 6.94. The maximum atomic E-state index is 10.7. The minimum absolute atomic E-state index is 0.147. The normalized spacial score (nSPS) is 11.8. The zero-order chi connectivity index (χ0) is 16.9. The van der Waals surface area contributed by atoms with Crippen LogP contribution in [0.1, 0.15) is 11.1 Å². The van der Waals surface area contributed by atoms with Crippen LogP contribution < -0.4 is 25.3 Å². The average molecular weight is 344 g/mol. The first-order valence-corrected chi connectivity index (χ1v) is 7.70. The first-order valence-electron chi connectivity index (χ1n) is 7.30. The Bertz CT molecular complexity index is 762. The summed E-state index contributed by atoms with van der Waals surface area (Å²) in [7, 11) is 0. The predicted octanol–water partition coefficient (Wildman–Crippen LogP) is 1.74. The summed E-state index contributed by atoms with van der Waals surface area (Å²) >= 11 is 5.39. The second kappa shape index (κ2) is 7.18. The van der Waals surface area contributed by atoms with E-state index in [9.17, 15) is 4.79 Å². The van der Waals surface area contributed by atoms with Crippen LogP contribution in [0.25, 0.3) is 0 Å². The molecule has 3 rings (SSSR count). The maximum Gasteiger partial charge on any atom is 0.255 e. The van der Waals surface area contributed by atoms with Crippen molar-refractivity contribution in [1.82, 2.24) is 5.32 Å². The Morgan fingerprint density at radius 2 is 1.92 bits per heavy atom. The van der Waals surface area contributed by atoms with Crippen molar-refractivity contribution < 1.29 is 19.0 Å². The van der Waals surface area contributed by atoms with Crippen LogP contribution in [0.5, 0.6) is 17.2 Å². The van der Waals surface area contributed by atoms with Crippen molar-refractivity contribution in [1.29, 1.82) is 0 Å². The molecule has 6 nitrogen and oxygen atoms in total. The van der Waals surface area contributed by atoms with E-state index in [-0.39, 0.29) is 13.4 Å². The molecule has 124 valence electrons. The Labute approximate surface area is 144 Å². The van der Waals surface area contributed by atoms with E-state index in [4.69, 9.17) is 32.2 Å². The predicted molar refractivity (Wildman–Crippen MR) is 92.2 cm³/mol. The second-order valence-electron chi connectivity index (χ2n) is 5.15. The van der Waals surface area contributed by atoms with Crippen LogP contribution in [0.15, 0.2) is 42.5 Å². The van der Waals surface area contributed by atoms with Crippen LogP contribution >= 0.6 is 12.2 Å². The molecule has 24 heavy (non-hydrogen) atoms. The van der Waals surface area contributed by atoms with Crippen molar-refractivity contribution in [2.75, 3.05) is 13.4 Å². The van der Waals surface area contributed by atoms with Crippen molar-refractivity contribution in [3.8, 4) is 17.2 Å². The number of carbonyl (C=O) groups excluding carboxylic acids is 1. The van der Waals surface area contributed by atoms with Crippen molar-refractivity contribution in [3.05, 3.63) is 53.6 Å². The van der Waals surface area contributed by atoms with E-state index in [0.29, 0.717) is 17.3 Å². The molecular formula is C17H16N2O4S. The number of rotatable bonds is 6. The molecule has 0 radical (unpaired) electrons. The highest BCUT2D eigenvalue weighted by atomic mass is 32.1. The summed E-state index contributed by atoms with van der Waals surface area (Å²) < 4.78 is 15.8. The van der Waals surface area contributed by atoms with Crippen LogP contribution in [0.4, 0.5) is 0 Å². The van der Waals surface area contributed by atoms with Crippen molar-refractivity contribution in [2.24, 2.45) is 5.73 Å². The molecule has 0 spiro atoms. The number of thiocarbonyl (C=S) groups is 1. The fraction of sp³-hybridized carbons (Fsp3) is 0.176. The Balaban J connectivity index is 1.56. The van der Waals surface area contributed by atoms with Gasteiger partial charge in [0.2, 0.25) is 6.79 Å². The van der Waals surface area contributed by atoms with Crippen LogP contribution in [0.3, 0.4) is 0 Å². The first-order chi connectivity index (χ1) is 11.6. The lowest BCUT2D eigenvalue weighted by Gasteiger charge is -2.10. The van der Waals surface area contributed by atoms with Gasteiger partial charge in [0.15, 0.2) is 18.1 Å². The van der Waals surface area contributed by atoms with E-state index in [2.05, 4.69) is 5.32 Å². The molecule has 3 N–H and O–H groups in total. The summed E-state index contributed by atoms with van der Waals surface area (Å²) in [6.45, 7) is 0.691. The zero-order valence-corrected chi connectivity index (χ0v) is 13.6. The van der Waals surface area contributed by atoms with Gasteiger partial charge in [-0.25, -0.2) is 0 Å². The molecule has 7 heteroatoms. The van der Waals surface area contributed by atoms with Crippen LogP contribution in [0.2, 0.25) is 0 Å². The van der Waals surface area contributed by atoms with Crippen LogP contribution in [-0.4, -0.2) is 24.3 Å². The number of benzene rings is 2. The molecule has 0 atom stereocenters. The molecule has 0 fully saturated rings. The molecule has 0 bridgehead atoms. The van der Waals surface area contributed by atoms with E-state index in [1.54, 1.807) is 12.1 Å². The summed E-state index contributed by atoms with van der Waals surface area (Å²) in [5.74, 6) is 1.56. The highest BCUT2D eigenvalue weighted by Crippen LogP contribution is 2.32. The Morgan fingerprint density at radius 3 is 2.67 bits per heavy atom. The van der Waals surface area contributed by atoms with Crippen molar-refractivity contribution >= 4 is 23.1 Å². The number of nitrogens with two attached hydrogens (primary N) is 1. The number of ether oxygens (including phenoxy) is 3. The van der Waals surface area contributed by atoms with Gasteiger partial charge in [-0.3, -0.25) is 4.79 Å². The van der Waals surface area contributed by atoms with Gasteiger partial charge in [0, 0.05) is 12.1 Å². The molecule has 1 heterocycles. The molecule has 1 aliphatic rings. The van der Waals surface area contributed by atoms with Crippen molar-refractivity contribution in [2.45, 2.75) is 6.54 Å². The van der Waals surface area contributed by atoms with E-state index in [0.717, 1.165) is 22.6 Å². The number of carbonyl (C=O) groups is 1. The van der Waals surface area contributed by atoms with Crippen molar-refractivity contribution in [3.63, 3.8) is 0 Å². The zero-order valence-electron chi connectivity index (χ0n) is 12.8. The third kappa shape index (κ3) is 3.94. The van der Waals surface area contributed by atoms with Gasteiger partial charge in [-0.15, -0.1) is 0 Å². The number of hydrogen-bond donors (Lipinski definition) is 2. The fourth-order valence-electron chi connectivity index (χ4n) is 2.19. The highest BCUT2D eigenvalue weighted by Gasteiger charge is 2.13. The molecule has 2 aromatic rings. The summed E-state index contributed by atoms with van der Waals surface area (Å²) in [6.07, 6.45) is 0. The smallest absolute Gasteiger partial charge is 0.255 e. The summed E-state index contributed by atoms with van der Waals surface area (Å²) in [5, 5.41) is 3.20. The molecule has 2 aromatic carbocycles. The molecule has 0 saturated carbocycles. The number of amides is 1. The van der Waals surface area contributed by atoms with Gasteiger partial charge in [0.1, 0.15) is 10.7 Å². The maximum absolute atomic E-state index is 10.7. The molecule has 1 aliphatic heterocycles. The van der Waals surface area contributed by atoms with E-state index in [1.165, 1.54) is 0 Å². The highest BCUT2D eigenvalue weighted by molar-refractivity contribution is 7.80. The molecule has 0 saturated heterocycles. The van der Waals surface area contributed by atoms with Crippen LogP contribution in [-0.2, 0) is 11.3 Å². The number of fused-ring (bicyclic) bond motifs is 1. The third-order valence-corrected chi connectivity index (χ3v) is 3.77. The minimum atomic E-state index is -0.514. The van der Waals surface area contributed by atoms with Crippen LogP contribution in [0, 0.1) is 0 Å². The molecule has 1 amide bonds. The summed E-state index contributed by atoms with van der Waals surface area (Å²) in [6, 6.07) is 12.9. The quantitative estimate of drug-likeness (QED) is 0.777. The summed E-state index contributed by atoms with van der Waals surface area (Å²) in [4.78, 5) is 11.3. The van der Waals surface area contributed by atoms with E-state index >= 15 is 0 Å². The Hall–Kier alpha value is -2.80. The number of nitrogens with one attached hydrogen (secondary N) is 1. The lowest BCUT2D eigenvalue weighted by atomic mass is 10.2. The van der Waals surface area contributed by atoms with Gasteiger partial charge < -0.3 is 25.3 Å². The van der Waals surface area contributed by atoms with Gasteiger partial charge in [-0.1, -0.05) is 18.3 Å². The Kier molecular flexibility index (Phi) is 4.81. The SMILES string of the molecule is NC(=O)COc1ccc(C(=S)NCc2ccc3c(c2)OCO3)cc1. The largest absolute Gasteiger partial charge is 0.484 e. The molecule has 0 aromatic heterocycles. The first kappa shape index (κ1) is 16.1. The molecule has 0 unspecified atom stereocenters. The van der Waals surface area contributed by atoms with Gasteiger partial charge in [0.25, 0.3) is 5.91 Å². The topological polar surface area (TPSA) is 82.8 Å². The lowest BCUT2D eigenvalue weighted by molar-refractivity contribution is -0.119. The Morgan fingerprint density at radius 1 is 1.17 bits per heavy atom. The second-order valence-corrected chi connectivity index (χ2v) is 5.56. The molecular weight excluding hydrogens is 328 g/mol. The van der Waals surface area contributed by atoms with Gasteiger partial charge in [0.05, 0.1) is 0 Å². The van der Waals surface area contributed by atoms with E-state index in [1.807, 2.05) is 30.3 Å². The fourth-order valence-corrected chi connectivity index (χ4v) is 2.40. The number of primary amides is 1. The van der Waals surface area contributed by atoms with Gasteiger partial charge >= 0.3 is 0 Å². The monoisotopic (exact) mass is 344 g/mol. The molecule has 0 aliphatic carbocycles. The average Bonchev–Trinajstić information content (AvgIpc) is 3.06. The number of hydrogen-bond acceptors (Lipinski definition) is 5. The standard InChI is InChI=1S/C17H16N2O4S/c18-16(20)9-21-13-4-2-12(3-5-13)17(24)19-8-11-1-6-14-15(7-11)23-10-22-14/h1-7H,8-10H2,(H2,18,20)(H,19,24). The minimum Gasteiger partial charge on any atom is -0.484 e. The van der Waals surface area contributed by atoms with Gasteiger partial charge in [-0.05, 0) is 42.0 Å². The van der Waals surface area contributed by atoms with E-state index < -0.39 is 5.91 Å². The van der Waals surface area contributed by atoms with Gasteiger partial charge in [-0.2, -0.15) is 0 Å². The lowest BCUT2D eigenvalue weighted by Crippen LogP contribution is -2.22. The third-order valence-electron chi connectivity index (χ3n) is 3.39.